The van der Waals surface area contributed by atoms with E-state index in [0.717, 1.165) is 5.56 Å². The molecule has 2 rings (SSSR count). The Morgan fingerprint density at radius 1 is 1.32 bits per heavy atom. The Bertz CT molecular complexity index is 650. The lowest BCUT2D eigenvalue weighted by Gasteiger charge is -2.05. The van der Waals surface area contributed by atoms with E-state index in [2.05, 4.69) is 9.71 Å². The highest BCUT2D eigenvalue weighted by atomic mass is 35.5. The van der Waals surface area contributed by atoms with Crippen LogP contribution < -0.4 is 4.72 Å². The van der Waals surface area contributed by atoms with E-state index in [1.165, 1.54) is 18.4 Å². The smallest absolute Gasteiger partial charge is 0.309 e. The van der Waals surface area contributed by atoms with Crippen molar-refractivity contribution in [2.24, 2.45) is 0 Å². The van der Waals surface area contributed by atoms with Crippen LogP contribution in [-0.4, -0.2) is 19.3 Å². The second-order valence-corrected chi connectivity index (χ2v) is 6.04. The Labute approximate surface area is 116 Å². The maximum absolute atomic E-state index is 12.0. The zero-order chi connectivity index (χ0) is 13.9. The fourth-order valence-electron chi connectivity index (χ4n) is 1.52. The average Bonchev–Trinajstić information content (AvgIpc) is 2.75. The number of benzene rings is 1. The van der Waals surface area contributed by atoms with Crippen LogP contribution in [0, 0.1) is 6.92 Å². The molecule has 0 aliphatic heterocycles. The molecule has 1 heterocycles. The summed E-state index contributed by atoms with van der Waals surface area (Å²) in [7, 11) is -3.67. The number of halogens is 1. The fourth-order valence-corrected chi connectivity index (χ4v) is 2.67. The van der Waals surface area contributed by atoms with Gasteiger partial charge in [0.2, 0.25) is 0 Å². The van der Waals surface area contributed by atoms with E-state index in [9.17, 15) is 8.42 Å². The first-order valence-corrected chi connectivity index (χ1v) is 7.63. The van der Waals surface area contributed by atoms with Crippen molar-refractivity contribution >= 4 is 27.6 Å². The van der Waals surface area contributed by atoms with Gasteiger partial charge in [0.05, 0.1) is 10.6 Å². The zero-order valence-corrected chi connectivity index (χ0v) is 11.8. The predicted octanol–water partition coefficient (Wildman–Crippen LogP) is 2.57. The summed E-state index contributed by atoms with van der Waals surface area (Å²) in [6.45, 7) is 1.71. The summed E-state index contributed by atoms with van der Waals surface area (Å²) < 4.78 is 31.3. The van der Waals surface area contributed by atoms with E-state index in [1.54, 1.807) is 19.1 Å². The van der Waals surface area contributed by atoms with Crippen LogP contribution in [0.3, 0.4) is 0 Å². The van der Waals surface area contributed by atoms with Gasteiger partial charge in [0, 0.05) is 5.88 Å². The molecule has 2 aromatic rings. The molecule has 0 fully saturated rings. The maximum atomic E-state index is 12.0. The van der Waals surface area contributed by atoms with E-state index < -0.39 is 10.0 Å². The summed E-state index contributed by atoms with van der Waals surface area (Å²) in [6.07, 6.45) is 2.08. The standard InChI is InChI=1S/C12H13ClN2O3S/c1-9-8-18-12(14-9)15-19(16,17)11-4-2-10(3-5-11)6-7-13/h2-5,8H,6-7H2,1H3,(H,14,15). The third-order valence-electron chi connectivity index (χ3n) is 2.46. The fraction of sp³-hybridized carbons (Fsp3) is 0.250. The Balaban J connectivity index is 2.19. The summed E-state index contributed by atoms with van der Waals surface area (Å²) in [5.41, 5.74) is 1.59. The number of hydrogen-bond acceptors (Lipinski definition) is 4. The van der Waals surface area contributed by atoms with Gasteiger partial charge in [-0.1, -0.05) is 12.1 Å². The Morgan fingerprint density at radius 3 is 2.53 bits per heavy atom. The van der Waals surface area contributed by atoms with Crippen molar-refractivity contribution in [2.45, 2.75) is 18.2 Å². The zero-order valence-electron chi connectivity index (χ0n) is 10.3. The predicted molar refractivity (Wildman–Crippen MR) is 72.9 cm³/mol. The van der Waals surface area contributed by atoms with Crippen LogP contribution in [0.2, 0.25) is 0 Å². The Morgan fingerprint density at radius 2 is 2.00 bits per heavy atom. The molecular formula is C12H13ClN2O3S. The molecule has 0 radical (unpaired) electrons. The van der Waals surface area contributed by atoms with Crippen molar-refractivity contribution in [3.8, 4) is 0 Å². The number of anilines is 1. The minimum atomic E-state index is -3.67. The molecule has 102 valence electrons. The van der Waals surface area contributed by atoms with Crippen molar-refractivity contribution in [3.63, 3.8) is 0 Å². The van der Waals surface area contributed by atoms with Gasteiger partial charge in [-0.15, -0.1) is 11.6 Å². The molecule has 0 bridgehead atoms. The number of sulfonamides is 1. The molecule has 1 N–H and O–H groups in total. The number of nitrogens with zero attached hydrogens (tertiary/aromatic N) is 1. The van der Waals surface area contributed by atoms with Crippen molar-refractivity contribution in [1.29, 1.82) is 0 Å². The lowest BCUT2D eigenvalue weighted by molar-refractivity contribution is 0.569. The highest BCUT2D eigenvalue weighted by Gasteiger charge is 2.16. The van der Waals surface area contributed by atoms with E-state index in [-0.39, 0.29) is 10.9 Å². The van der Waals surface area contributed by atoms with Gasteiger partial charge in [-0.05, 0) is 31.0 Å². The average molecular weight is 301 g/mol. The molecule has 0 aliphatic carbocycles. The number of alkyl halides is 1. The van der Waals surface area contributed by atoms with E-state index in [4.69, 9.17) is 16.0 Å². The molecule has 0 spiro atoms. The highest BCUT2D eigenvalue weighted by Crippen LogP contribution is 2.16. The minimum absolute atomic E-state index is 0.0395. The largest absolute Gasteiger partial charge is 0.431 e. The molecule has 19 heavy (non-hydrogen) atoms. The van der Waals surface area contributed by atoms with Gasteiger partial charge < -0.3 is 4.42 Å². The number of aryl methyl sites for hydroxylation is 2. The third kappa shape index (κ3) is 3.48. The molecule has 0 aliphatic rings. The molecule has 1 aromatic heterocycles. The molecule has 0 saturated carbocycles. The summed E-state index contributed by atoms with van der Waals surface area (Å²) in [4.78, 5) is 4.05. The van der Waals surface area contributed by atoms with Crippen LogP contribution in [0.25, 0.3) is 0 Å². The normalized spacial score (nSPS) is 11.5. The third-order valence-corrected chi connectivity index (χ3v) is 3.98. The number of hydrogen-bond donors (Lipinski definition) is 1. The first-order valence-electron chi connectivity index (χ1n) is 5.61. The number of oxazole rings is 1. The second-order valence-electron chi connectivity index (χ2n) is 3.98. The molecule has 0 atom stereocenters. The van der Waals surface area contributed by atoms with Crippen LogP contribution >= 0.6 is 11.6 Å². The van der Waals surface area contributed by atoms with Crippen molar-refractivity contribution in [2.75, 3.05) is 10.6 Å². The summed E-state index contributed by atoms with van der Waals surface area (Å²) in [6, 6.07) is 6.48. The van der Waals surface area contributed by atoms with Gasteiger partial charge in [-0.25, -0.2) is 13.1 Å². The summed E-state index contributed by atoms with van der Waals surface area (Å²) in [5.74, 6) is 0.500. The molecule has 0 saturated heterocycles. The summed E-state index contributed by atoms with van der Waals surface area (Å²) >= 11 is 5.62. The molecule has 0 amide bonds. The first kappa shape index (κ1) is 13.9. The molecule has 7 heteroatoms. The van der Waals surface area contributed by atoms with Crippen LogP contribution in [-0.2, 0) is 16.4 Å². The van der Waals surface area contributed by atoms with Crippen molar-refractivity contribution in [1.82, 2.24) is 4.98 Å². The van der Waals surface area contributed by atoms with Crippen LogP contribution in [0.15, 0.2) is 39.8 Å². The van der Waals surface area contributed by atoms with Gasteiger partial charge in [-0.3, -0.25) is 0 Å². The SMILES string of the molecule is Cc1coc(NS(=O)(=O)c2ccc(CCCl)cc2)n1. The Hall–Kier alpha value is -1.53. The second kappa shape index (κ2) is 5.63. The molecular weight excluding hydrogens is 288 g/mol. The highest BCUT2D eigenvalue weighted by molar-refractivity contribution is 7.92. The van der Waals surface area contributed by atoms with Gasteiger partial charge >= 0.3 is 6.01 Å². The monoisotopic (exact) mass is 300 g/mol. The lowest BCUT2D eigenvalue weighted by Crippen LogP contribution is -2.13. The van der Waals surface area contributed by atoms with Gasteiger partial charge in [0.15, 0.2) is 0 Å². The van der Waals surface area contributed by atoms with E-state index >= 15 is 0 Å². The maximum Gasteiger partial charge on any atom is 0.309 e. The number of nitrogens with one attached hydrogen (secondary N) is 1. The molecule has 5 nitrogen and oxygen atoms in total. The Kier molecular flexibility index (Phi) is 4.11. The minimum Gasteiger partial charge on any atom is -0.431 e. The van der Waals surface area contributed by atoms with Crippen LogP contribution in [0.1, 0.15) is 11.3 Å². The van der Waals surface area contributed by atoms with Crippen molar-refractivity contribution in [3.05, 3.63) is 41.8 Å². The van der Waals surface area contributed by atoms with Crippen LogP contribution in [0.5, 0.6) is 0 Å². The van der Waals surface area contributed by atoms with Crippen molar-refractivity contribution < 1.29 is 12.8 Å². The molecule has 0 unspecified atom stereocenters. The van der Waals surface area contributed by atoms with Gasteiger partial charge in [-0.2, -0.15) is 4.98 Å². The van der Waals surface area contributed by atoms with Crippen LogP contribution in [0.4, 0.5) is 6.01 Å². The van der Waals surface area contributed by atoms with Gasteiger partial charge in [0.25, 0.3) is 10.0 Å². The van der Waals surface area contributed by atoms with Gasteiger partial charge in [0.1, 0.15) is 6.26 Å². The van der Waals surface area contributed by atoms with E-state index in [1.807, 2.05) is 0 Å². The number of rotatable bonds is 5. The summed E-state index contributed by atoms with van der Waals surface area (Å²) in [5, 5.41) is 0. The van der Waals surface area contributed by atoms with E-state index in [0.29, 0.717) is 18.0 Å². The quantitative estimate of drug-likeness (QED) is 0.861. The topological polar surface area (TPSA) is 72.2 Å². The first-order chi connectivity index (χ1) is 9.01. The lowest BCUT2D eigenvalue weighted by atomic mass is 10.2. The number of aromatic nitrogens is 1. The molecule has 1 aromatic carbocycles.